The Morgan fingerprint density at radius 2 is 1.75 bits per heavy atom. The molecular formula is C22H21ClN2O6S. The largest absolute Gasteiger partial charge is 0.467 e. The average Bonchev–Trinajstić information content (AvgIpc) is 3.30. The van der Waals surface area contributed by atoms with E-state index in [1.165, 1.54) is 30.3 Å². The summed E-state index contributed by atoms with van der Waals surface area (Å²) in [5.74, 6) is -0.706. The number of hydrogen-bond acceptors (Lipinski definition) is 6. The third kappa shape index (κ3) is 5.30. The van der Waals surface area contributed by atoms with Crippen molar-refractivity contribution in [1.29, 1.82) is 0 Å². The number of likely N-dealkylation sites (N-methyl/N-ethyl adjacent to an activating group) is 1. The summed E-state index contributed by atoms with van der Waals surface area (Å²) < 4.78 is 37.4. The van der Waals surface area contributed by atoms with Gasteiger partial charge in [0.25, 0.3) is 15.9 Å². The van der Waals surface area contributed by atoms with E-state index in [-0.39, 0.29) is 22.0 Å². The number of halogens is 1. The summed E-state index contributed by atoms with van der Waals surface area (Å²) in [7, 11) is -1.11. The monoisotopic (exact) mass is 476 g/mol. The summed E-state index contributed by atoms with van der Waals surface area (Å²) in [5.41, 5.74) is 0.387. The Balaban J connectivity index is 1.72. The van der Waals surface area contributed by atoms with Crippen LogP contribution in [0.5, 0.6) is 0 Å². The van der Waals surface area contributed by atoms with E-state index in [9.17, 15) is 18.0 Å². The summed E-state index contributed by atoms with van der Waals surface area (Å²) in [6, 6.07) is 15.6. The number of nitrogens with zero attached hydrogens (tertiary/aromatic N) is 2. The Morgan fingerprint density at radius 3 is 2.41 bits per heavy atom. The summed E-state index contributed by atoms with van der Waals surface area (Å²) in [6.07, 6.45) is 1.50. The van der Waals surface area contributed by atoms with E-state index in [1.807, 2.05) is 0 Å². The third-order valence-electron chi connectivity index (χ3n) is 4.65. The lowest BCUT2D eigenvalue weighted by Gasteiger charge is -2.20. The fourth-order valence-electron chi connectivity index (χ4n) is 2.80. The quantitative estimate of drug-likeness (QED) is 0.461. The number of anilines is 1. The molecule has 0 radical (unpaired) electrons. The average molecular weight is 477 g/mol. The smallest absolute Gasteiger partial charge is 0.338 e. The van der Waals surface area contributed by atoms with Crippen LogP contribution in [0.4, 0.5) is 5.69 Å². The van der Waals surface area contributed by atoms with Gasteiger partial charge in [0.05, 0.1) is 29.1 Å². The van der Waals surface area contributed by atoms with E-state index >= 15 is 0 Å². The summed E-state index contributed by atoms with van der Waals surface area (Å²) in [4.78, 5) is 25.8. The Kier molecular flexibility index (Phi) is 7.22. The Labute approximate surface area is 191 Å². The van der Waals surface area contributed by atoms with Gasteiger partial charge < -0.3 is 14.1 Å². The molecule has 32 heavy (non-hydrogen) atoms. The second-order valence-electron chi connectivity index (χ2n) is 6.86. The first-order valence-corrected chi connectivity index (χ1v) is 11.3. The zero-order valence-electron chi connectivity index (χ0n) is 17.4. The third-order valence-corrected chi connectivity index (χ3v) is 6.92. The summed E-state index contributed by atoms with van der Waals surface area (Å²) in [6.45, 7) is -0.288. The molecule has 10 heteroatoms. The molecule has 0 fully saturated rings. The Hall–Kier alpha value is -3.30. The number of carbonyl (C=O) groups excluding carboxylic acids is 2. The number of para-hydroxylation sites is 1. The number of ether oxygens (including phenoxy) is 1. The zero-order chi connectivity index (χ0) is 23.3. The summed E-state index contributed by atoms with van der Waals surface area (Å²) >= 11 is 6.13. The molecule has 1 aromatic heterocycles. The second kappa shape index (κ2) is 9.88. The fourth-order valence-corrected chi connectivity index (χ4v) is 4.49. The van der Waals surface area contributed by atoms with Crippen LogP contribution < -0.4 is 4.31 Å². The van der Waals surface area contributed by atoms with Gasteiger partial charge in [-0.25, -0.2) is 13.2 Å². The van der Waals surface area contributed by atoms with Crippen LogP contribution >= 0.6 is 11.6 Å². The predicted octanol–water partition coefficient (Wildman–Crippen LogP) is 3.57. The maximum absolute atomic E-state index is 13.1. The van der Waals surface area contributed by atoms with Crippen LogP contribution in [0, 0.1) is 0 Å². The van der Waals surface area contributed by atoms with E-state index in [0.717, 1.165) is 10.4 Å². The highest BCUT2D eigenvalue weighted by molar-refractivity contribution is 7.93. The number of carbonyl (C=O) groups is 2. The van der Waals surface area contributed by atoms with Gasteiger partial charge >= 0.3 is 5.97 Å². The minimum Gasteiger partial charge on any atom is -0.467 e. The van der Waals surface area contributed by atoms with Gasteiger partial charge in [0.1, 0.15) is 10.7 Å². The van der Waals surface area contributed by atoms with Crippen molar-refractivity contribution in [3.8, 4) is 0 Å². The molecule has 0 unspecified atom stereocenters. The molecule has 0 saturated carbocycles. The van der Waals surface area contributed by atoms with Gasteiger partial charge in [-0.15, -0.1) is 0 Å². The molecule has 0 saturated heterocycles. The topological polar surface area (TPSA) is 97.1 Å². The van der Waals surface area contributed by atoms with Gasteiger partial charge in [-0.3, -0.25) is 9.10 Å². The highest BCUT2D eigenvalue weighted by Gasteiger charge is 2.26. The molecular weight excluding hydrogens is 456 g/mol. The molecule has 1 amide bonds. The molecule has 3 aromatic rings. The van der Waals surface area contributed by atoms with Crippen molar-refractivity contribution < 1.29 is 27.2 Å². The van der Waals surface area contributed by atoms with Crippen molar-refractivity contribution in [1.82, 2.24) is 4.90 Å². The molecule has 168 valence electrons. The first-order chi connectivity index (χ1) is 15.2. The normalized spacial score (nSPS) is 11.1. The number of esters is 1. The van der Waals surface area contributed by atoms with E-state index < -0.39 is 28.5 Å². The van der Waals surface area contributed by atoms with Crippen molar-refractivity contribution in [3.63, 3.8) is 0 Å². The van der Waals surface area contributed by atoms with Crippen LogP contribution in [-0.4, -0.2) is 45.9 Å². The van der Waals surface area contributed by atoms with Crippen LogP contribution in [0.1, 0.15) is 16.1 Å². The Morgan fingerprint density at radius 1 is 1.03 bits per heavy atom. The van der Waals surface area contributed by atoms with Gasteiger partial charge in [-0.1, -0.05) is 29.8 Å². The molecule has 0 aliphatic carbocycles. The van der Waals surface area contributed by atoms with E-state index in [1.54, 1.807) is 49.5 Å². The molecule has 0 aliphatic heterocycles. The second-order valence-corrected chi connectivity index (χ2v) is 9.20. The lowest BCUT2D eigenvalue weighted by molar-refractivity contribution is -0.133. The van der Waals surface area contributed by atoms with Gasteiger partial charge in [-0.05, 0) is 42.5 Å². The number of hydrogen-bond donors (Lipinski definition) is 0. The van der Waals surface area contributed by atoms with Crippen molar-refractivity contribution in [2.45, 2.75) is 11.4 Å². The van der Waals surface area contributed by atoms with E-state index in [0.29, 0.717) is 11.4 Å². The van der Waals surface area contributed by atoms with Crippen LogP contribution in [-0.2, 0) is 26.1 Å². The number of rotatable bonds is 8. The molecule has 0 bridgehead atoms. The van der Waals surface area contributed by atoms with Gasteiger partial charge in [0.2, 0.25) is 0 Å². The van der Waals surface area contributed by atoms with Crippen molar-refractivity contribution in [3.05, 3.63) is 83.3 Å². The molecule has 8 nitrogen and oxygen atoms in total. The predicted molar refractivity (Wildman–Crippen MR) is 119 cm³/mol. The van der Waals surface area contributed by atoms with Crippen LogP contribution in [0.15, 0.2) is 76.2 Å². The van der Waals surface area contributed by atoms with Crippen molar-refractivity contribution >= 4 is 39.2 Å². The SMILES string of the molecule is CN(Cc1ccco1)C(=O)COC(=O)c1ccc(Cl)c(S(=O)(=O)N(C)c2ccccc2)c1. The van der Waals surface area contributed by atoms with E-state index in [2.05, 4.69) is 0 Å². The first kappa shape index (κ1) is 23.4. The van der Waals surface area contributed by atoms with E-state index in [4.69, 9.17) is 20.8 Å². The first-order valence-electron chi connectivity index (χ1n) is 9.47. The molecule has 0 atom stereocenters. The number of furan rings is 1. The fraction of sp³-hybridized carbons (Fsp3) is 0.182. The van der Waals surface area contributed by atoms with Crippen LogP contribution in [0.25, 0.3) is 0 Å². The molecule has 0 spiro atoms. The number of sulfonamides is 1. The zero-order valence-corrected chi connectivity index (χ0v) is 19.0. The highest BCUT2D eigenvalue weighted by atomic mass is 35.5. The highest BCUT2D eigenvalue weighted by Crippen LogP contribution is 2.28. The maximum Gasteiger partial charge on any atom is 0.338 e. The Bertz CT molecular complexity index is 1200. The molecule has 0 aliphatic rings. The number of benzene rings is 2. The molecule has 1 heterocycles. The van der Waals surface area contributed by atoms with Gasteiger partial charge in [-0.2, -0.15) is 0 Å². The maximum atomic E-state index is 13.1. The van der Waals surface area contributed by atoms with Crippen molar-refractivity contribution in [2.75, 3.05) is 25.0 Å². The van der Waals surface area contributed by atoms with Crippen LogP contribution in [0.2, 0.25) is 5.02 Å². The minimum absolute atomic E-state index is 0.0430. The lowest BCUT2D eigenvalue weighted by Crippen LogP contribution is -2.30. The summed E-state index contributed by atoms with van der Waals surface area (Å²) in [5, 5.41) is -0.0430. The molecule has 2 aromatic carbocycles. The minimum atomic E-state index is -4.04. The molecule has 3 rings (SSSR count). The van der Waals surface area contributed by atoms with Crippen molar-refractivity contribution in [2.24, 2.45) is 0 Å². The number of amides is 1. The van der Waals surface area contributed by atoms with Gasteiger partial charge in [0.15, 0.2) is 6.61 Å². The van der Waals surface area contributed by atoms with Crippen LogP contribution in [0.3, 0.4) is 0 Å². The van der Waals surface area contributed by atoms with Gasteiger partial charge in [0, 0.05) is 14.1 Å². The lowest BCUT2D eigenvalue weighted by atomic mass is 10.2. The molecule has 0 N–H and O–H groups in total. The standard InChI is InChI=1S/C22H21ClN2O6S/c1-24(14-18-9-6-12-30-18)21(26)15-31-22(27)16-10-11-19(23)20(13-16)32(28,29)25(2)17-7-4-3-5-8-17/h3-13H,14-15H2,1-2H3.